The lowest BCUT2D eigenvalue weighted by atomic mass is 10.2. The van der Waals surface area contributed by atoms with Crippen molar-refractivity contribution in [1.82, 2.24) is 20.3 Å². The zero-order valence-corrected chi connectivity index (χ0v) is 11.6. The molecule has 0 aliphatic rings. The van der Waals surface area contributed by atoms with E-state index in [1.807, 2.05) is 19.2 Å². The first-order chi connectivity index (χ1) is 9.33. The Balaban J connectivity index is 1.55. The summed E-state index contributed by atoms with van der Waals surface area (Å²) in [5, 5.41) is 7.92. The normalized spacial score (nSPS) is 11.2. The number of fused-ring (bicyclic) bond motifs is 1. The third-order valence-electron chi connectivity index (χ3n) is 3.08. The van der Waals surface area contributed by atoms with Crippen LogP contribution in [-0.4, -0.2) is 21.5 Å². The maximum absolute atomic E-state index is 4.46. The summed E-state index contributed by atoms with van der Waals surface area (Å²) in [6.45, 7) is 3.84. The van der Waals surface area contributed by atoms with Crippen molar-refractivity contribution in [3.05, 3.63) is 46.2 Å². The highest BCUT2D eigenvalue weighted by Gasteiger charge is 2.03. The number of aromatic nitrogens is 3. The van der Waals surface area contributed by atoms with Crippen LogP contribution in [0.15, 0.2) is 29.9 Å². The standard InChI is InChI=1S/C14H16N4S/c1-10-18-12(9-19-10)4-6-15-7-11-8-17-14-13(11)3-2-5-16-14/h2-3,5,8-9,15H,4,6-7H2,1H3,(H,16,17). The molecule has 3 aromatic heterocycles. The number of hydrogen-bond acceptors (Lipinski definition) is 4. The summed E-state index contributed by atoms with van der Waals surface area (Å²) < 4.78 is 0. The van der Waals surface area contributed by atoms with Crippen molar-refractivity contribution < 1.29 is 0 Å². The Labute approximate surface area is 115 Å². The van der Waals surface area contributed by atoms with Gasteiger partial charge in [0.25, 0.3) is 0 Å². The monoisotopic (exact) mass is 272 g/mol. The largest absolute Gasteiger partial charge is 0.346 e. The van der Waals surface area contributed by atoms with Crippen LogP contribution in [0.5, 0.6) is 0 Å². The second kappa shape index (κ2) is 5.50. The zero-order valence-electron chi connectivity index (χ0n) is 10.8. The van der Waals surface area contributed by atoms with E-state index in [1.165, 1.54) is 16.6 Å². The summed E-state index contributed by atoms with van der Waals surface area (Å²) >= 11 is 1.71. The minimum atomic E-state index is 0.856. The Morgan fingerprint density at radius 2 is 2.37 bits per heavy atom. The van der Waals surface area contributed by atoms with E-state index in [-0.39, 0.29) is 0 Å². The predicted octanol–water partition coefficient (Wildman–Crippen LogP) is 2.66. The van der Waals surface area contributed by atoms with Crippen molar-refractivity contribution in [2.45, 2.75) is 19.9 Å². The van der Waals surface area contributed by atoms with Gasteiger partial charge in [0, 0.05) is 42.7 Å². The van der Waals surface area contributed by atoms with Crippen LogP contribution in [0.25, 0.3) is 11.0 Å². The molecule has 3 aromatic rings. The van der Waals surface area contributed by atoms with Gasteiger partial charge in [-0.1, -0.05) is 0 Å². The lowest BCUT2D eigenvalue weighted by molar-refractivity contribution is 0.683. The predicted molar refractivity (Wildman–Crippen MR) is 78.4 cm³/mol. The molecule has 0 fully saturated rings. The number of aromatic amines is 1. The summed E-state index contributed by atoms with van der Waals surface area (Å²) in [6.07, 6.45) is 4.81. The number of thiazole rings is 1. The molecule has 0 radical (unpaired) electrons. The minimum absolute atomic E-state index is 0.856. The number of aryl methyl sites for hydroxylation is 1. The smallest absolute Gasteiger partial charge is 0.137 e. The Bertz CT molecular complexity index is 671. The summed E-state index contributed by atoms with van der Waals surface area (Å²) in [5.74, 6) is 0. The minimum Gasteiger partial charge on any atom is -0.346 e. The highest BCUT2D eigenvalue weighted by atomic mass is 32.1. The molecular formula is C14H16N4S. The number of nitrogens with zero attached hydrogens (tertiary/aromatic N) is 2. The van der Waals surface area contributed by atoms with Gasteiger partial charge in [0.2, 0.25) is 0 Å². The van der Waals surface area contributed by atoms with Crippen molar-refractivity contribution in [2.75, 3.05) is 6.54 Å². The van der Waals surface area contributed by atoms with Gasteiger partial charge in [0.1, 0.15) is 5.65 Å². The second-order valence-electron chi connectivity index (χ2n) is 4.50. The molecule has 3 heterocycles. The first-order valence-electron chi connectivity index (χ1n) is 6.35. The molecule has 0 saturated heterocycles. The molecular weight excluding hydrogens is 256 g/mol. The van der Waals surface area contributed by atoms with Crippen molar-refractivity contribution >= 4 is 22.4 Å². The summed E-state index contributed by atoms with van der Waals surface area (Å²) in [7, 11) is 0. The number of nitrogens with one attached hydrogen (secondary N) is 2. The average Bonchev–Trinajstić information content (AvgIpc) is 3.02. The summed E-state index contributed by atoms with van der Waals surface area (Å²) in [6, 6.07) is 4.07. The molecule has 98 valence electrons. The molecule has 5 heteroatoms. The van der Waals surface area contributed by atoms with Gasteiger partial charge < -0.3 is 10.3 Å². The molecule has 0 aromatic carbocycles. The highest BCUT2D eigenvalue weighted by molar-refractivity contribution is 7.09. The van der Waals surface area contributed by atoms with E-state index in [1.54, 1.807) is 17.5 Å². The maximum atomic E-state index is 4.46. The fraction of sp³-hybridized carbons (Fsp3) is 0.286. The van der Waals surface area contributed by atoms with Crippen LogP contribution in [-0.2, 0) is 13.0 Å². The van der Waals surface area contributed by atoms with E-state index >= 15 is 0 Å². The van der Waals surface area contributed by atoms with Crippen LogP contribution in [0.2, 0.25) is 0 Å². The lowest BCUT2D eigenvalue weighted by Gasteiger charge is -2.02. The zero-order chi connectivity index (χ0) is 13.1. The van der Waals surface area contributed by atoms with Crippen LogP contribution >= 0.6 is 11.3 Å². The van der Waals surface area contributed by atoms with E-state index in [4.69, 9.17) is 0 Å². The second-order valence-corrected chi connectivity index (χ2v) is 5.56. The molecule has 3 rings (SSSR count). The Morgan fingerprint density at radius 1 is 1.42 bits per heavy atom. The molecule has 4 nitrogen and oxygen atoms in total. The van der Waals surface area contributed by atoms with E-state index in [2.05, 4.69) is 31.7 Å². The Kier molecular flexibility index (Phi) is 3.57. The molecule has 0 atom stereocenters. The molecule has 2 N–H and O–H groups in total. The first kappa shape index (κ1) is 12.3. The SMILES string of the molecule is Cc1nc(CCNCc2c[nH]c3ncccc23)cs1. The van der Waals surface area contributed by atoms with Crippen molar-refractivity contribution in [3.8, 4) is 0 Å². The maximum Gasteiger partial charge on any atom is 0.137 e. The molecule has 0 saturated carbocycles. The van der Waals surface area contributed by atoms with Crippen molar-refractivity contribution in [2.24, 2.45) is 0 Å². The van der Waals surface area contributed by atoms with Gasteiger partial charge >= 0.3 is 0 Å². The third kappa shape index (κ3) is 2.83. The summed E-state index contributed by atoms with van der Waals surface area (Å²) in [4.78, 5) is 11.9. The Morgan fingerprint density at radius 3 is 3.21 bits per heavy atom. The van der Waals surface area contributed by atoms with Crippen molar-refractivity contribution in [1.29, 1.82) is 0 Å². The molecule has 0 amide bonds. The molecule has 0 bridgehead atoms. The van der Waals surface area contributed by atoms with E-state index in [0.717, 1.165) is 30.2 Å². The van der Waals surface area contributed by atoms with Crippen LogP contribution < -0.4 is 5.32 Å². The van der Waals surface area contributed by atoms with Gasteiger partial charge in [0.15, 0.2) is 0 Å². The van der Waals surface area contributed by atoms with Gasteiger partial charge in [-0.05, 0) is 24.6 Å². The molecule has 0 spiro atoms. The van der Waals surface area contributed by atoms with Gasteiger partial charge in [0.05, 0.1) is 10.7 Å². The van der Waals surface area contributed by atoms with Gasteiger partial charge in [-0.15, -0.1) is 11.3 Å². The fourth-order valence-electron chi connectivity index (χ4n) is 2.12. The first-order valence-corrected chi connectivity index (χ1v) is 7.23. The van der Waals surface area contributed by atoms with Crippen LogP contribution in [0.1, 0.15) is 16.3 Å². The van der Waals surface area contributed by atoms with E-state index in [9.17, 15) is 0 Å². The van der Waals surface area contributed by atoms with E-state index < -0.39 is 0 Å². The highest BCUT2D eigenvalue weighted by Crippen LogP contribution is 2.15. The number of rotatable bonds is 5. The quantitative estimate of drug-likeness (QED) is 0.702. The fourth-order valence-corrected chi connectivity index (χ4v) is 2.77. The lowest BCUT2D eigenvalue weighted by Crippen LogP contribution is -2.16. The number of H-pyrrole nitrogens is 1. The van der Waals surface area contributed by atoms with Gasteiger partial charge in [-0.3, -0.25) is 0 Å². The third-order valence-corrected chi connectivity index (χ3v) is 3.90. The van der Waals surface area contributed by atoms with Crippen LogP contribution in [0.3, 0.4) is 0 Å². The van der Waals surface area contributed by atoms with Crippen molar-refractivity contribution in [3.63, 3.8) is 0 Å². The summed E-state index contributed by atoms with van der Waals surface area (Å²) in [5.41, 5.74) is 3.39. The van der Waals surface area contributed by atoms with Crippen LogP contribution in [0.4, 0.5) is 0 Å². The molecule has 0 unspecified atom stereocenters. The topological polar surface area (TPSA) is 53.6 Å². The van der Waals surface area contributed by atoms with Gasteiger partial charge in [-0.25, -0.2) is 9.97 Å². The van der Waals surface area contributed by atoms with Gasteiger partial charge in [-0.2, -0.15) is 0 Å². The van der Waals surface area contributed by atoms with E-state index in [0.29, 0.717) is 0 Å². The average molecular weight is 272 g/mol. The molecule has 19 heavy (non-hydrogen) atoms. The number of pyridine rings is 1. The molecule has 0 aliphatic heterocycles. The van der Waals surface area contributed by atoms with Crippen LogP contribution in [0, 0.1) is 6.92 Å². The number of hydrogen-bond donors (Lipinski definition) is 2. The Hall–Kier alpha value is -1.72. The molecule has 0 aliphatic carbocycles.